The molecular formula is C24H27N9. The van der Waals surface area contributed by atoms with E-state index < -0.39 is 0 Å². The summed E-state index contributed by atoms with van der Waals surface area (Å²) in [6.45, 7) is 8.35. The summed E-state index contributed by atoms with van der Waals surface area (Å²) in [5.41, 5.74) is 1.79. The van der Waals surface area contributed by atoms with Crippen LogP contribution in [0.25, 0.3) is 10.9 Å². The Balaban J connectivity index is 1.39. The second kappa shape index (κ2) is 8.90. The fourth-order valence-electron chi connectivity index (χ4n) is 4.57. The van der Waals surface area contributed by atoms with Crippen molar-refractivity contribution in [2.75, 3.05) is 38.0 Å². The highest BCUT2D eigenvalue weighted by Gasteiger charge is 2.34. The van der Waals surface area contributed by atoms with E-state index in [1.165, 1.54) is 0 Å². The predicted octanol–water partition coefficient (Wildman–Crippen LogP) is 2.72. The van der Waals surface area contributed by atoms with E-state index in [0.29, 0.717) is 11.9 Å². The van der Waals surface area contributed by atoms with E-state index in [0.717, 1.165) is 61.0 Å². The van der Waals surface area contributed by atoms with Gasteiger partial charge in [-0.05, 0) is 42.3 Å². The third-order valence-corrected chi connectivity index (χ3v) is 6.29. The third kappa shape index (κ3) is 4.12. The number of anilines is 1. The zero-order chi connectivity index (χ0) is 22.8. The minimum Gasteiger partial charge on any atom is -0.351 e. The highest BCUT2D eigenvalue weighted by Crippen LogP contribution is 2.25. The topological polar surface area (TPSA) is 95.5 Å². The highest BCUT2D eigenvalue weighted by molar-refractivity contribution is 6.06. The first-order valence-corrected chi connectivity index (χ1v) is 11.3. The molecule has 0 unspecified atom stereocenters. The summed E-state index contributed by atoms with van der Waals surface area (Å²) in [6, 6.07) is 10.0. The largest absolute Gasteiger partial charge is 0.351 e. The van der Waals surface area contributed by atoms with Gasteiger partial charge in [0.15, 0.2) is 0 Å². The first-order chi connectivity index (χ1) is 16.1. The number of hydrazone groups is 1. The molecule has 3 aliphatic rings. The molecule has 168 valence electrons. The molecular weight excluding hydrogens is 414 g/mol. The van der Waals surface area contributed by atoms with Gasteiger partial charge in [-0.3, -0.25) is 9.98 Å². The molecule has 9 nitrogen and oxygen atoms in total. The van der Waals surface area contributed by atoms with Gasteiger partial charge in [0.05, 0.1) is 30.3 Å². The number of hydrogen-bond donors (Lipinski definition) is 1. The zero-order valence-corrected chi connectivity index (χ0v) is 18.9. The van der Waals surface area contributed by atoms with Crippen molar-refractivity contribution < 1.29 is 0 Å². The lowest BCUT2D eigenvalue weighted by molar-refractivity contribution is 0.145. The number of nitrogens with one attached hydrogen (secondary N) is 1. The minimum atomic E-state index is 0.163. The number of rotatable bonds is 2. The third-order valence-electron chi connectivity index (χ3n) is 6.29. The van der Waals surface area contributed by atoms with Gasteiger partial charge in [-0.1, -0.05) is 19.9 Å². The average molecular weight is 442 g/mol. The molecule has 3 aliphatic heterocycles. The summed E-state index contributed by atoms with van der Waals surface area (Å²) in [6.07, 6.45) is 7.88. The summed E-state index contributed by atoms with van der Waals surface area (Å²) < 4.78 is 0. The first kappa shape index (κ1) is 20.9. The summed E-state index contributed by atoms with van der Waals surface area (Å²) in [4.78, 5) is 17.6. The molecule has 33 heavy (non-hydrogen) atoms. The summed E-state index contributed by atoms with van der Waals surface area (Å²) in [7, 11) is 0. The normalized spacial score (nSPS) is 20.6. The SMILES string of the molecule is CC(C)[C@H]1CN(C2=NN3CCN=C3C=C2)CCN1/C(=N\C#N)Nc1cccc2ncccc12. The molecule has 2 aromatic rings. The number of aromatic nitrogens is 1. The van der Waals surface area contributed by atoms with Gasteiger partial charge in [-0.15, -0.1) is 4.99 Å². The predicted molar refractivity (Wildman–Crippen MR) is 131 cm³/mol. The molecule has 0 bridgehead atoms. The van der Waals surface area contributed by atoms with Gasteiger partial charge in [0.1, 0.15) is 11.7 Å². The number of hydrogen-bond acceptors (Lipinski definition) is 7. The van der Waals surface area contributed by atoms with Crippen LogP contribution >= 0.6 is 0 Å². The number of nitriles is 1. The van der Waals surface area contributed by atoms with Crippen molar-refractivity contribution in [1.82, 2.24) is 19.8 Å². The van der Waals surface area contributed by atoms with Crippen LogP contribution in [0.1, 0.15) is 13.8 Å². The van der Waals surface area contributed by atoms with Crippen molar-refractivity contribution >= 4 is 34.2 Å². The van der Waals surface area contributed by atoms with Crippen LogP contribution in [-0.2, 0) is 0 Å². The molecule has 0 saturated carbocycles. The van der Waals surface area contributed by atoms with Crippen LogP contribution in [-0.4, -0.2) is 76.2 Å². The van der Waals surface area contributed by atoms with E-state index in [2.05, 4.69) is 50.0 Å². The van der Waals surface area contributed by atoms with Gasteiger partial charge in [-0.2, -0.15) is 10.4 Å². The number of amidine groups is 2. The molecule has 1 saturated heterocycles. The lowest BCUT2D eigenvalue weighted by Gasteiger charge is -2.45. The maximum atomic E-state index is 9.45. The van der Waals surface area contributed by atoms with Gasteiger partial charge in [0.25, 0.3) is 0 Å². The number of nitrogens with zero attached hydrogens (tertiary/aromatic N) is 8. The molecule has 9 heteroatoms. The first-order valence-electron chi connectivity index (χ1n) is 11.3. The van der Waals surface area contributed by atoms with Gasteiger partial charge in [0.2, 0.25) is 12.2 Å². The Labute approximate surface area is 193 Å². The molecule has 1 N–H and O–H groups in total. The van der Waals surface area contributed by atoms with Crippen LogP contribution in [0.3, 0.4) is 0 Å². The molecule has 0 spiro atoms. The molecule has 1 atom stereocenters. The van der Waals surface area contributed by atoms with Crippen molar-refractivity contribution in [1.29, 1.82) is 5.26 Å². The molecule has 0 amide bonds. The van der Waals surface area contributed by atoms with E-state index in [1.54, 1.807) is 6.20 Å². The van der Waals surface area contributed by atoms with Crippen LogP contribution in [0.5, 0.6) is 0 Å². The summed E-state index contributed by atoms with van der Waals surface area (Å²) >= 11 is 0. The van der Waals surface area contributed by atoms with E-state index in [9.17, 15) is 5.26 Å². The van der Waals surface area contributed by atoms with Crippen molar-refractivity contribution in [3.8, 4) is 6.19 Å². The molecule has 1 aromatic heterocycles. The fraction of sp³-hybridized carbons (Fsp3) is 0.375. The van der Waals surface area contributed by atoms with Crippen LogP contribution in [0.15, 0.2) is 63.8 Å². The van der Waals surface area contributed by atoms with Crippen molar-refractivity contribution in [3.05, 3.63) is 48.7 Å². The maximum absolute atomic E-state index is 9.45. The number of benzene rings is 1. The maximum Gasteiger partial charge on any atom is 0.214 e. The number of fused-ring (bicyclic) bond motifs is 2. The van der Waals surface area contributed by atoms with E-state index in [4.69, 9.17) is 5.10 Å². The molecule has 1 aromatic carbocycles. The minimum absolute atomic E-state index is 0.163. The second-order valence-electron chi connectivity index (χ2n) is 8.64. The Kier molecular flexibility index (Phi) is 5.65. The Morgan fingerprint density at radius 2 is 2.03 bits per heavy atom. The Hall–Kier alpha value is -3.93. The van der Waals surface area contributed by atoms with Crippen LogP contribution < -0.4 is 5.32 Å². The number of piperazine rings is 1. The monoisotopic (exact) mass is 441 g/mol. The lowest BCUT2D eigenvalue weighted by atomic mass is 9.99. The molecule has 0 radical (unpaired) electrons. The van der Waals surface area contributed by atoms with Crippen molar-refractivity contribution in [3.63, 3.8) is 0 Å². The number of pyridine rings is 1. The van der Waals surface area contributed by atoms with Gasteiger partial charge in [0, 0.05) is 31.2 Å². The molecule has 1 fully saturated rings. The highest BCUT2D eigenvalue weighted by atomic mass is 15.5. The lowest BCUT2D eigenvalue weighted by Crippen LogP contribution is -2.59. The van der Waals surface area contributed by atoms with Crippen LogP contribution in [0.2, 0.25) is 0 Å². The van der Waals surface area contributed by atoms with Crippen molar-refractivity contribution in [2.45, 2.75) is 19.9 Å². The summed E-state index contributed by atoms with van der Waals surface area (Å²) in [5.74, 6) is 2.83. The quantitative estimate of drug-likeness (QED) is 0.437. The fourth-order valence-corrected chi connectivity index (χ4v) is 4.57. The van der Waals surface area contributed by atoms with Crippen LogP contribution in [0, 0.1) is 17.4 Å². The van der Waals surface area contributed by atoms with Crippen LogP contribution in [0.4, 0.5) is 5.69 Å². The van der Waals surface area contributed by atoms with E-state index in [1.807, 2.05) is 47.6 Å². The number of aliphatic imine (C=N–C) groups is 2. The van der Waals surface area contributed by atoms with Gasteiger partial charge < -0.3 is 15.1 Å². The Morgan fingerprint density at radius 3 is 2.88 bits per heavy atom. The van der Waals surface area contributed by atoms with Crippen molar-refractivity contribution in [2.24, 2.45) is 21.0 Å². The van der Waals surface area contributed by atoms with E-state index >= 15 is 0 Å². The van der Waals surface area contributed by atoms with Gasteiger partial charge >= 0.3 is 0 Å². The van der Waals surface area contributed by atoms with Gasteiger partial charge in [-0.25, -0.2) is 5.01 Å². The smallest absolute Gasteiger partial charge is 0.214 e. The Bertz CT molecular complexity index is 1200. The summed E-state index contributed by atoms with van der Waals surface area (Å²) in [5, 5.41) is 20.7. The number of guanidine groups is 1. The standard InChI is InChI=1S/C24H27N9/c1-17(2)21-15-31(23-9-8-22-27-11-12-33(22)30-23)13-14-32(21)24(28-16-25)29-20-7-3-6-19-18(20)5-4-10-26-19/h3-10,17,21H,11-15H2,1-2H3,(H,28,29)/t21-/m1/s1. The Morgan fingerprint density at radius 1 is 1.15 bits per heavy atom. The second-order valence-corrected chi connectivity index (χ2v) is 8.64. The average Bonchev–Trinajstić information content (AvgIpc) is 3.31. The van der Waals surface area contributed by atoms with E-state index in [-0.39, 0.29) is 6.04 Å². The molecule has 5 rings (SSSR count). The zero-order valence-electron chi connectivity index (χ0n) is 18.9. The molecule has 0 aliphatic carbocycles. The molecule has 4 heterocycles.